The summed E-state index contributed by atoms with van der Waals surface area (Å²) in [5, 5.41) is 2.76. The van der Waals surface area contributed by atoms with Gasteiger partial charge in [-0.15, -0.1) is 11.3 Å². The second kappa shape index (κ2) is 9.83. The van der Waals surface area contributed by atoms with Crippen LogP contribution < -0.4 is 5.32 Å². The Labute approximate surface area is 175 Å². The van der Waals surface area contributed by atoms with Crippen molar-refractivity contribution < 1.29 is 19.1 Å². The zero-order chi connectivity index (χ0) is 20.8. The number of esters is 1. The van der Waals surface area contributed by atoms with E-state index < -0.39 is 5.97 Å². The summed E-state index contributed by atoms with van der Waals surface area (Å²) in [5.41, 5.74) is 2.88. The second-order valence-corrected chi connectivity index (χ2v) is 8.83. The zero-order valence-corrected chi connectivity index (χ0v) is 17.8. The Morgan fingerprint density at radius 2 is 1.97 bits per heavy atom. The van der Waals surface area contributed by atoms with Gasteiger partial charge in [-0.3, -0.25) is 9.59 Å². The second-order valence-electron chi connectivity index (χ2n) is 7.69. The van der Waals surface area contributed by atoms with E-state index in [1.165, 1.54) is 28.7 Å². The normalized spacial score (nSPS) is 15.4. The highest BCUT2D eigenvalue weighted by Crippen LogP contribution is 2.32. The van der Waals surface area contributed by atoms with Gasteiger partial charge in [0.2, 0.25) is 5.91 Å². The first-order valence-electron chi connectivity index (χ1n) is 10.1. The molecule has 6 heteroatoms. The van der Waals surface area contributed by atoms with Crippen molar-refractivity contribution in [3.05, 3.63) is 56.8 Å². The number of rotatable bonds is 8. The maximum atomic E-state index is 12.3. The molecule has 2 aromatic rings. The molecule has 0 saturated heterocycles. The minimum Gasteiger partial charge on any atom is -0.453 e. The van der Waals surface area contributed by atoms with Crippen LogP contribution in [-0.2, 0) is 28.8 Å². The van der Waals surface area contributed by atoms with Crippen LogP contribution in [0.15, 0.2) is 30.3 Å². The lowest BCUT2D eigenvalue weighted by atomic mass is 9.90. The van der Waals surface area contributed by atoms with Gasteiger partial charge in [0.15, 0.2) is 12.4 Å². The summed E-state index contributed by atoms with van der Waals surface area (Å²) < 4.78 is 5.26. The number of nitrogens with one attached hydrogen (secondary N) is 1. The van der Waals surface area contributed by atoms with E-state index in [2.05, 4.69) is 12.2 Å². The number of fused-ring (bicyclic) bond motifs is 1. The molecule has 154 valence electrons. The van der Waals surface area contributed by atoms with Gasteiger partial charge in [-0.25, -0.2) is 4.79 Å². The van der Waals surface area contributed by atoms with E-state index in [-0.39, 0.29) is 18.3 Å². The van der Waals surface area contributed by atoms with Crippen molar-refractivity contribution in [3.63, 3.8) is 0 Å². The maximum Gasteiger partial charge on any atom is 0.348 e. The summed E-state index contributed by atoms with van der Waals surface area (Å²) in [4.78, 5) is 37.4. The predicted molar refractivity (Wildman–Crippen MR) is 114 cm³/mol. The molecule has 0 unspecified atom stereocenters. The highest BCUT2D eigenvalue weighted by molar-refractivity contribution is 7.14. The topological polar surface area (TPSA) is 72.5 Å². The molecule has 0 radical (unpaired) electrons. The number of ether oxygens (including phenoxy) is 1. The number of thiophene rings is 1. The molecule has 1 atom stereocenters. The maximum absolute atomic E-state index is 12.3. The van der Waals surface area contributed by atoms with Gasteiger partial charge in [-0.05, 0) is 55.2 Å². The quantitative estimate of drug-likeness (QED) is 0.404. The van der Waals surface area contributed by atoms with Crippen molar-refractivity contribution >= 4 is 29.0 Å². The van der Waals surface area contributed by atoms with Crippen LogP contribution in [0.3, 0.4) is 0 Å². The SMILES string of the molecule is CC(=O)NCCCc1ccc(C(=O)COC(=O)c2cc3c(s2)CC[C@H](C)C3)cc1. The Bertz CT molecular complexity index is 885. The van der Waals surface area contributed by atoms with E-state index in [1.807, 2.05) is 18.2 Å². The van der Waals surface area contributed by atoms with Crippen LogP contribution in [0.25, 0.3) is 0 Å². The van der Waals surface area contributed by atoms with Gasteiger partial charge < -0.3 is 10.1 Å². The van der Waals surface area contributed by atoms with Crippen LogP contribution in [0.4, 0.5) is 0 Å². The van der Waals surface area contributed by atoms with E-state index in [0.717, 1.165) is 37.7 Å². The number of ketones is 1. The Hall–Kier alpha value is -2.47. The Kier molecular flexibility index (Phi) is 7.20. The van der Waals surface area contributed by atoms with Crippen molar-refractivity contribution in [1.82, 2.24) is 5.32 Å². The van der Waals surface area contributed by atoms with E-state index in [1.54, 1.807) is 12.1 Å². The molecule has 0 fully saturated rings. The average Bonchev–Trinajstić information content (AvgIpc) is 3.12. The summed E-state index contributed by atoms with van der Waals surface area (Å²) in [6.07, 6.45) is 4.85. The van der Waals surface area contributed by atoms with Crippen molar-refractivity contribution in [1.29, 1.82) is 0 Å². The largest absolute Gasteiger partial charge is 0.453 e. The first-order chi connectivity index (χ1) is 13.9. The van der Waals surface area contributed by atoms with E-state index in [9.17, 15) is 14.4 Å². The number of carbonyl (C=O) groups excluding carboxylic acids is 3. The summed E-state index contributed by atoms with van der Waals surface area (Å²) in [5.74, 6) is -0.00762. The van der Waals surface area contributed by atoms with Gasteiger partial charge in [0, 0.05) is 23.9 Å². The molecule has 0 aliphatic heterocycles. The number of amides is 1. The Balaban J connectivity index is 1.47. The number of carbonyl (C=O) groups is 3. The van der Waals surface area contributed by atoms with Gasteiger partial charge in [0.25, 0.3) is 0 Å². The molecule has 0 bridgehead atoms. The lowest BCUT2D eigenvalue weighted by Crippen LogP contribution is -2.21. The third kappa shape index (κ3) is 6.00. The first-order valence-corrected chi connectivity index (χ1v) is 10.9. The number of Topliss-reactive ketones (excluding diaryl/α,β-unsaturated/α-hetero) is 1. The molecule has 1 N–H and O–H groups in total. The van der Waals surface area contributed by atoms with Gasteiger partial charge in [-0.1, -0.05) is 31.2 Å². The highest BCUT2D eigenvalue weighted by Gasteiger charge is 2.22. The molecule has 1 heterocycles. The minimum atomic E-state index is -0.417. The van der Waals surface area contributed by atoms with E-state index >= 15 is 0 Å². The lowest BCUT2D eigenvalue weighted by molar-refractivity contribution is -0.118. The van der Waals surface area contributed by atoms with Crippen LogP contribution in [0.2, 0.25) is 0 Å². The summed E-state index contributed by atoms with van der Waals surface area (Å²) in [7, 11) is 0. The summed E-state index contributed by atoms with van der Waals surface area (Å²) in [6, 6.07) is 9.25. The summed E-state index contributed by atoms with van der Waals surface area (Å²) >= 11 is 1.49. The molecule has 29 heavy (non-hydrogen) atoms. The average molecular weight is 414 g/mol. The molecule has 0 spiro atoms. The van der Waals surface area contributed by atoms with Crippen molar-refractivity contribution in [2.24, 2.45) is 5.92 Å². The van der Waals surface area contributed by atoms with Gasteiger partial charge in [-0.2, -0.15) is 0 Å². The standard InChI is InChI=1S/C23H27NO4S/c1-15-5-10-21-19(12-15)13-22(29-21)23(27)28-14-20(26)18-8-6-17(7-9-18)4-3-11-24-16(2)25/h6-9,13,15H,3-5,10-12,14H2,1-2H3,(H,24,25)/t15-/m0/s1. The molecule has 1 aromatic carbocycles. The fraction of sp³-hybridized carbons (Fsp3) is 0.435. The predicted octanol–water partition coefficient (Wildman–Crippen LogP) is 3.98. The molecule has 5 nitrogen and oxygen atoms in total. The Morgan fingerprint density at radius 3 is 2.69 bits per heavy atom. The van der Waals surface area contributed by atoms with Crippen LogP contribution >= 0.6 is 11.3 Å². The van der Waals surface area contributed by atoms with Crippen LogP contribution in [0, 0.1) is 5.92 Å². The molecule has 1 aromatic heterocycles. The number of hydrogen-bond donors (Lipinski definition) is 1. The minimum absolute atomic E-state index is 0.0298. The van der Waals surface area contributed by atoms with Gasteiger partial charge in [0.1, 0.15) is 4.88 Å². The fourth-order valence-electron chi connectivity index (χ4n) is 3.51. The molecule has 1 aliphatic rings. The molecular weight excluding hydrogens is 386 g/mol. The van der Waals surface area contributed by atoms with E-state index in [4.69, 9.17) is 4.74 Å². The fourth-order valence-corrected chi connectivity index (χ4v) is 4.61. The number of hydrogen-bond acceptors (Lipinski definition) is 5. The number of benzene rings is 1. The molecule has 3 rings (SSSR count). The highest BCUT2D eigenvalue weighted by atomic mass is 32.1. The zero-order valence-electron chi connectivity index (χ0n) is 17.0. The summed E-state index contributed by atoms with van der Waals surface area (Å²) in [6.45, 7) is 4.11. The molecule has 1 amide bonds. The molecule has 1 aliphatic carbocycles. The Morgan fingerprint density at radius 1 is 1.21 bits per heavy atom. The van der Waals surface area contributed by atoms with Gasteiger partial charge in [0.05, 0.1) is 0 Å². The monoisotopic (exact) mass is 413 g/mol. The van der Waals surface area contributed by atoms with Crippen LogP contribution in [0.5, 0.6) is 0 Å². The third-order valence-corrected chi connectivity index (χ3v) is 6.37. The first kappa shape index (κ1) is 21.2. The van der Waals surface area contributed by atoms with E-state index in [0.29, 0.717) is 22.9 Å². The molecular formula is C23H27NO4S. The van der Waals surface area contributed by atoms with Gasteiger partial charge >= 0.3 is 5.97 Å². The molecule has 0 saturated carbocycles. The van der Waals surface area contributed by atoms with Crippen LogP contribution in [0.1, 0.15) is 62.7 Å². The third-order valence-electron chi connectivity index (χ3n) is 5.16. The lowest BCUT2D eigenvalue weighted by Gasteiger charge is -2.16. The smallest absolute Gasteiger partial charge is 0.348 e. The van der Waals surface area contributed by atoms with Crippen molar-refractivity contribution in [2.75, 3.05) is 13.2 Å². The number of aryl methyl sites for hydroxylation is 2. The van der Waals surface area contributed by atoms with Crippen molar-refractivity contribution in [2.45, 2.75) is 46.0 Å². The van der Waals surface area contributed by atoms with Crippen LogP contribution in [-0.4, -0.2) is 30.8 Å². The van der Waals surface area contributed by atoms with Crippen molar-refractivity contribution in [3.8, 4) is 0 Å².